The topological polar surface area (TPSA) is 62.1 Å². The highest BCUT2D eigenvalue weighted by molar-refractivity contribution is 5.92. The normalized spacial score (nSPS) is 10.6. The van der Waals surface area contributed by atoms with E-state index in [4.69, 9.17) is 10.00 Å². The molecule has 0 atom stereocenters. The quantitative estimate of drug-likeness (QED) is 0.489. The van der Waals surface area contributed by atoms with Gasteiger partial charge in [-0.3, -0.25) is 0 Å². The Labute approximate surface area is 107 Å². The van der Waals surface area contributed by atoms with Crippen LogP contribution in [0.1, 0.15) is 18.1 Å². The van der Waals surface area contributed by atoms with Crippen LogP contribution in [0, 0.1) is 18.3 Å². The molecule has 0 saturated heterocycles. The zero-order chi connectivity index (χ0) is 13.4. The Morgan fingerprint density at radius 3 is 2.67 bits per heavy atom. The van der Waals surface area contributed by atoms with Crippen LogP contribution in [0.2, 0.25) is 0 Å². The standard InChI is InChI=1S/C14H16N2O2/c1-3-18-14(17)13(8-15)10-16-9-12-6-4-11(2)5-7-12/h4-7,10,16H,3,9H2,1-2H3/b13-10-. The Kier molecular flexibility index (Phi) is 5.46. The maximum absolute atomic E-state index is 11.3. The molecule has 1 rings (SSSR count). The van der Waals surface area contributed by atoms with Crippen molar-refractivity contribution in [3.8, 4) is 6.07 Å². The molecule has 1 N–H and O–H groups in total. The van der Waals surface area contributed by atoms with Crippen LogP contribution < -0.4 is 5.32 Å². The fraction of sp³-hybridized carbons (Fsp3) is 0.286. The number of hydrogen-bond acceptors (Lipinski definition) is 4. The van der Waals surface area contributed by atoms with Crippen molar-refractivity contribution in [3.05, 3.63) is 47.2 Å². The van der Waals surface area contributed by atoms with Crippen LogP contribution in [0.15, 0.2) is 36.0 Å². The van der Waals surface area contributed by atoms with Gasteiger partial charge in [0.05, 0.1) is 6.61 Å². The number of nitrogens with zero attached hydrogens (tertiary/aromatic N) is 1. The second kappa shape index (κ2) is 7.13. The zero-order valence-corrected chi connectivity index (χ0v) is 10.6. The molecule has 0 spiro atoms. The monoisotopic (exact) mass is 244 g/mol. The van der Waals surface area contributed by atoms with E-state index in [-0.39, 0.29) is 12.2 Å². The average Bonchev–Trinajstić information content (AvgIpc) is 2.37. The Hall–Kier alpha value is -2.28. The van der Waals surface area contributed by atoms with Crippen LogP contribution in [-0.2, 0) is 16.1 Å². The Morgan fingerprint density at radius 2 is 2.11 bits per heavy atom. The molecular weight excluding hydrogens is 228 g/mol. The lowest BCUT2D eigenvalue weighted by Crippen LogP contribution is -2.12. The third-order valence-corrected chi connectivity index (χ3v) is 2.29. The first-order valence-corrected chi connectivity index (χ1v) is 5.73. The Balaban J connectivity index is 2.55. The number of esters is 1. The van der Waals surface area contributed by atoms with E-state index in [2.05, 4.69) is 5.32 Å². The number of aryl methyl sites for hydroxylation is 1. The van der Waals surface area contributed by atoms with E-state index < -0.39 is 5.97 Å². The van der Waals surface area contributed by atoms with Gasteiger partial charge in [-0.25, -0.2) is 4.79 Å². The molecule has 4 nitrogen and oxygen atoms in total. The Bertz CT molecular complexity index is 470. The molecule has 0 aliphatic rings. The first-order chi connectivity index (χ1) is 8.67. The molecule has 0 saturated carbocycles. The average molecular weight is 244 g/mol. The van der Waals surface area contributed by atoms with Gasteiger partial charge in [-0.1, -0.05) is 29.8 Å². The van der Waals surface area contributed by atoms with Crippen LogP contribution in [0.3, 0.4) is 0 Å². The number of rotatable bonds is 5. The fourth-order valence-corrected chi connectivity index (χ4v) is 1.32. The van der Waals surface area contributed by atoms with Crippen molar-refractivity contribution in [3.63, 3.8) is 0 Å². The van der Waals surface area contributed by atoms with Crippen LogP contribution in [0.25, 0.3) is 0 Å². The fourth-order valence-electron chi connectivity index (χ4n) is 1.32. The maximum Gasteiger partial charge on any atom is 0.350 e. The molecule has 18 heavy (non-hydrogen) atoms. The molecule has 0 heterocycles. The maximum atomic E-state index is 11.3. The third-order valence-electron chi connectivity index (χ3n) is 2.29. The summed E-state index contributed by atoms with van der Waals surface area (Å²) in [5.74, 6) is -0.601. The smallest absolute Gasteiger partial charge is 0.350 e. The van der Waals surface area contributed by atoms with Gasteiger partial charge < -0.3 is 10.1 Å². The van der Waals surface area contributed by atoms with Gasteiger partial charge in [0, 0.05) is 12.7 Å². The summed E-state index contributed by atoms with van der Waals surface area (Å²) >= 11 is 0. The van der Waals surface area contributed by atoms with Gasteiger partial charge in [0.1, 0.15) is 6.07 Å². The van der Waals surface area contributed by atoms with Gasteiger partial charge in [-0.2, -0.15) is 5.26 Å². The van der Waals surface area contributed by atoms with Crippen molar-refractivity contribution in [1.29, 1.82) is 5.26 Å². The summed E-state index contributed by atoms with van der Waals surface area (Å²) in [5, 5.41) is 11.7. The minimum Gasteiger partial charge on any atom is -0.462 e. The summed E-state index contributed by atoms with van der Waals surface area (Å²) in [6, 6.07) is 9.81. The van der Waals surface area contributed by atoms with E-state index in [1.165, 1.54) is 11.8 Å². The van der Waals surface area contributed by atoms with Crippen molar-refractivity contribution < 1.29 is 9.53 Å². The molecule has 0 radical (unpaired) electrons. The number of ether oxygens (including phenoxy) is 1. The molecule has 4 heteroatoms. The van der Waals surface area contributed by atoms with Gasteiger partial charge in [0.2, 0.25) is 0 Å². The summed E-state index contributed by atoms with van der Waals surface area (Å²) in [7, 11) is 0. The van der Waals surface area contributed by atoms with Crippen LogP contribution in [0.4, 0.5) is 0 Å². The summed E-state index contributed by atoms with van der Waals surface area (Å²) in [4.78, 5) is 11.3. The molecule has 0 unspecified atom stereocenters. The molecule has 94 valence electrons. The molecule has 1 aromatic carbocycles. The largest absolute Gasteiger partial charge is 0.462 e. The minimum atomic E-state index is -0.601. The lowest BCUT2D eigenvalue weighted by Gasteiger charge is -2.03. The molecule has 0 fully saturated rings. The second-order valence-corrected chi connectivity index (χ2v) is 3.76. The lowest BCUT2D eigenvalue weighted by molar-refractivity contribution is -0.138. The molecule has 0 aliphatic heterocycles. The van der Waals surface area contributed by atoms with E-state index in [1.54, 1.807) is 13.0 Å². The highest BCUT2D eigenvalue weighted by Crippen LogP contribution is 2.03. The van der Waals surface area contributed by atoms with Crippen molar-refractivity contribution >= 4 is 5.97 Å². The molecule has 0 amide bonds. The summed E-state index contributed by atoms with van der Waals surface area (Å²) in [5.41, 5.74) is 2.25. The van der Waals surface area contributed by atoms with Crippen LogP contribution in [-0.4, -0.2) is 12.6 Å². The van der Waals surface area contributed by atoms with Gasteiger partial charge in [-0.15, -0.1) is 0 Å². The molecule has 0 aromatic heterocycles. The molecule has 0 bridgehead atoms. The predicted octanol–water partition coefficient (Wildman–Crippen LogP) is 2.06. The summed E-state index contributed by atoms with van der Waals surface area (Å²) in [6.07, 6.45) is 1.39. The highest BCUT2D eigenvalue weighted by Gasteiger charge is 2.08. The summed E-state index contributed by atoms with van der Waals surface area (Å²) < 4.78 is 4.74. The van der Waals surface area contributed by atoms with Crippen molar-refractivity contribution in [1.82, 2.24) is 5.32 Å². The van der Waals surface area contributed by atoms with Crippen LogP contribution >= 0.6 is 0 Å². The third kappa shape index (κ3) is 4.30. The molecule has 1 aromatic rings. The number of carbonyl (C=O) groups is 1. The second-order valence-electron chi connectivity index (χ2n) is 3.76. The number of nitriles is 1. The number of nitrogens with one attached hydrogen (secondary N) is 1. The number of hydrogen-bond donors (Lipinski definition) is 1. The van der Waals surface area contributed by atoms with Crippen molar-refractivity contribution in [2.45, 2.75) is 20.4 Å². The Morgan fingerprint density at radius 1 is 1.44 bits per heavy atom. The van der Waals surface area contributed by atoms with E-state index in [1.807, 2.05) is 31.2 Å². The summed E-state index contributed by atoms with van der Waals surface area (Å²) in [6.45, 7) is 4.54. The van der Waals surface area contributed by atoms with Gasteiger partial charge in [-0.05, 0) is 19.4 Å². The van der Waals surface area contributed by atoms with E-state index in [9.17, 15) is 4.79 Å². The van der Waals surface area contributed by atoms with Gasteiger partial charge in [0.15, 0.2) is 5.57 Å². The van der Waals surface area contributed by atoms with Gasteiger partial charge in [0.25, 0.3) is 0 Å². The van der Waals surface area contributed by atoms with Crippen LogP contribution in [0.5, 0.6) is 0 Å². The van der Waals surface area contributed by atoms with Gasteiger partial charge >= 0.3 is 5.97 Å². The molecule has 0 aliphatic carbocycles. The highest BCUT2D eigenvalue weighted by atomic mass is 16.5. The van der Waals surface area contributed by atoms with Crippen molar-refractivity contribution in [2.75, 3.05) is 6.61 Å². The minimum absolute atomic E-state index is 0.0241. The number of carbonyl (C=O) groups excluding carboxylic acids is 1. The SMILES string of the molecule is CCOC(=O)/C(C#N)=C\NCc1ccc(C)cc1. The first kappa shape index (κ1) is 13.8. The van der Waals surface area contributed by atoms with E-state index in [0.29, 0.717) is 6.54 Å². The zero-order valence-electron chi connectivity index (χ0n) is 10.6. The molecular formula is C14H16N2O2. The van der Waals surface area contributed by atoms with E-state index >= 15 is 0 Å². The van der Waals surface area contributed by atoms with E-state index in [0.717, 1.165) is 5.56 Å². The lowest BCUT2D eigenvalue weighted by atomic mass is 10.1. The number of benzene rings is 1. The van der Waals surface area contributed by atoms with Crippen molar-refractivity contribution in [2.24, 2.45) is 0 Å². The first-order valence-electron chi connectivity index (χ1n) is 5.73. The predicted molar refractivity (Wildman–Crippen MR) is 68.3 cm³/mol.